The van der Waals surface area contributed by atoms with E-state index in [1.165, 1.54) is 7.11 Å². The minimum Gasteiger partial charge on any atom is -0.382 e. The minimum absolute atomic E-state index is 0.269. The van der Waals surface area contributed by atoms with Crippen LogP contribution in [-0.4, -0.2) is 57.6 Å². The molecule has 0 aliphatic carbocycles. The van der Waals surface area contributed by atoms with Crippen molar-refractivity contribution in [2.45, 2.75) is 24.6 Å². The fourth-order valence-corrected chi connectivity index (χ4v) is 1.54. The number of hydrogen-bond donors (Lipinski definition) is 1. The Bertz CT molecular complexity index is 151. The van der Waals surface area contributed by atoms with Crippen LogP contribution in [0.3, 0.4) is 0 Å². The van der Waals surface area contributed by atoms with Gasteiger partial charge in [0.2, 0.25) is 0 Å². The van der Waals surface area contributed by atoms with Crippen LogP contribution in [0.5, 0.6) is 0 Å². The number of ether oxygens (including phenoxy) is 4. The van der Waals surface area contributed by atoms with Gasteiger partial charge < -0.3 is 24.1 Å². The van der Waals surface area contributed by atoms with Crippen LogP contribution < -0.4 is 0 Å². The van der Waals surface area contributed by atoms with E-state index in [0.717, 1.165) is 0 Å². The molecule has 1 saturated heterocycles. The van der Waals surface area contributed by atoms with E-state index in [1.54, 1.807) is 14.2 Å². The number of aliphatic hydroxyl groups excluding tert-OH is 1. The number of rotatable bonds is 4. The molecular formula is C8H16O5. The minimum atomic E-state index is -0.935. The van der Waals surface area contributed by atoms with Crippen molar-refractivity contribution in [2.24, 2.45) is 0 Å². The van der Waals surface area contributed by atoms with E-state index in [2.05, 4.69) is 0 Å². The van der Waals surface area contributed by atoms with E-state index in [4.69, 9.17) is 18.9 Å². The van der Waals surface area contributed by atoms with Crippen molar-refractivity contribution < 1.29 is 24.1 Å². The zero-order valence-electron chi connectivity index (χ0n) is 8.10. The summed E-state index contributed by atoms with van der Waals surface area (Å²) in [6.45, 7) is 0.384. The highest BCUT2D eigenvalue weighted by Gasteiger charge is 2.44. The van der Waals surface area contributed by atoms with Gasteiger partial charge in [-0.15, -0.1) is 0 Å². The van der Waals surface area contributed by atoms with Crippen LogP contribution >= 0.6 is 0 Å². The average Bonchev–Trinajstić information content (AvgIpc) is 2.41. The second kappa shape index (κ2) is 4.88. The molecule has 0 bridgehead atoms. The van der Waals surface area contributed by atoms with Crippen molar-refractivity contribution in [3.05, 3.63) is 0 Å². The molecule has 4 atom stereocenters. The molecule has 0 radical (unpaired) electrons. The highest BCUT2D eigenvalue weighted by atomic mass is 16.7. The quantitative estimate of drug-likeness (QED) is 0.643. The number of aliphatic hydroxyl groups is 1. The zero-order valence-corrected chi connectivity index (χ0v) is 8.10. The maximum absolute atomic E-state index is 9.40. The Balaban J connectivity index is 2.57. The summed E-state index contributed by atoms with van der Waals surface area (Å²) in [5.41, 5.74) is 0. The largest absolute Gasteiger partial charge is 0.382 e. The maximum atomic E-state index is 9.40. The number of hydrogen-bond acceptors (Lipinski definition) is 5. The van der Waals surface area contributed by atoms with Gasteiger partial charge in [-0.3, -0.25) is 0 Å². The smallest absolute Gasteiger partial charge is 0.184 e. The van der Waals surface area contributed by atoms with Gasteiger partial charge in [-0.05, 0) is 0 Å². The molecule has 0 aromatic heterocycles. The lowest BCUT2D eigenvalue weighted by Crippen LogP contribution is -2.37. The van der Waals surface area contributed by atoms with Crippen LogP contribution in [0.1, 0.15) is 0 Å². The molecule has 5 heteroatoms. The van der Waals surface area contributed by atoms with Crippen molar-refractivity contribution in [1.29, 1.82) is 0 Å². The van der Waals surface area contributed by atoms with Gasteiger partial charge in [-0.25, -0.2) is 0 Å². The average molecular weight is 192 g/mol. The molecule has 0 aromatic rings. The molecule has 1 rings (SSSR count). The summed E-state index contributed by atoms with van der Waals surface area (Å²) in [5, 5.41) is 9.40. The van der Waals surface area contributed by atoms with Gasteiger partial charge in [0.15, 0.2) is 6.29 Å². The highest BCUT2D eigenvalue weighted by Crippen LogP contribution is 2.24. The first kappa shape index (κ1) is 10.9. The lowest BCUT2D eigenvalue weighted by atomic mass is 10.1. The van der Waals surface area contributed by atoms with Crippen molar-refractivity contribution in [3.8, 4) is 0 Å². The van der Waals surface area contributed by atoms with Gasteiger partial charge in [-0.2, -0.15) is 0 Å². The standard InChI is InChI=1S/C8H16O5/c1-10-4-5-6(11-2)7(12-3)8(9)13-5/h5-9H,4H2,1-3H3/t5-,6-,7+,8-/m1/s1. The van der Waals surface area contributed by atoms with Gasteiger partial charge >= 0.3 is 0 Å². The lowest BCUT2D eigenvalue weighted by Gasteiger charge is -2.19. The predicted molar refractivity (Wildman–Crippen MR) is 44.3 cm³/mol. The SMILES string of the molecule is COC[C@H]1O[C@@H](O)[C@@H](OC)[C@@H]1OC. The van der Waals surface area contributed by atoms with E-state index < -0.39 is 12.4 Å². The molecule has 78 valence electrons. The third-order valence-electron chi connectivity index (χ3n) is 2.16. The first-order valence-corrected chi connectivity index (χ1v) is 4.12. The van der Waals surface area contributed by atoms with Crippen LogP contribution in [0.2, 0.25) is 0 Å². The summed E-state index contributed by atoms with van der Waals surface area (Å²) in [6.07, 6.45) is -1.92. The first-order valence-electron chi connectivity index (χ1n) is 4.12. The normalized spacial score (nSPS) is 39.7. The van der Waals surface area contributed by atoms with Crippen molar-refractivity contribution in [2.75, 3.05) is 27.9 Å². The molecular weight excluding hydrogens is 176 g/mol. The van der Waals surface area contributed by atoms with Gasteiger partial charge in [0.25, 0.3) is 0 Å². The molecule has 1 N–H and O–H groups in total. The van der Waals surface area contributed by atoms with Gasteiger partial charge in [0.1, 0.15) is 18.3 Å². The van der Waals surface area contributed by atoms with E-state index >= 15 is 0 Å². The van der Waals surface area contributed by atoms with Crippen molar-refractivity contribution in [3.63, 3.8) is 0 Å². The summed E-state index contributed by atoms with van der Waals surface area (Å²) in [4.78, 5) is 0. The Hall–Kier alpha value is -0.200. The van der Waals surface area contributed by atoms with E-state index in [9.17, 15) is 5.11 Å². The fourth-order valence-electron chi connectivity index (χ4n) is 1.54. The van der Waals surface area contributed by atoms with E-state index in [1.807, 2.05) is 0 Å². The third-order valence-corrected chi connectivity index (χ3v) is 2.16. The zero-order chi connectivity index (χ0) is 9.84. The molecule has 0 spiro atoms. The third kappa shape index (κ3) is 2.18. The molecule has 5 nitrogen and oxygen atoms in total. The Labute approximate surface area is 77.5 Å². The summed E-state index contributed by atoms with van der Waals surface area (Å²) in [7, 11) is 4.64. The summed E-state index contributed by atoms with van der Waals surface area (Å²) < 4.78 is 20.3. The van der Waals surface area contributed by atoms with Crippen LogP contribution in [0.25, 0.3) is 0 Å². The second-order valence-corrected chi connectivity index (χ2v) is 2.92. The summed E-state index contributed by atoms with van der Waals surface area (Å²) >= 11 is 0. The molecule has 1 fully saturated rings. The monoisotopic (exact) mass is 192 g/mol. The highest BCUT2D eigenvalue weighted by molar-refractivity contribution is 4.88. The molecule has 0 unspecified atom stereocenters. The van der Waals surface area contributed by atoms with E-state index in [0.29, 0.717) is 6.61 Å². The van der Waals surface area contributed by atoms with Crippen LogP contribution in [0.4, 0.5) is 0 Å². The Morgan fingerprint density at radius 2 is 1.77 bits per heavy atom. The topological polar surface area (TPSA) is 57.2 Å². The lowest BCUT2D eigenvalue weighted by molar-refractivity contribution is -0.141. The predicted octanol–water partition coefficient (Wildman–Crippen LogP) is -0.620. The van der Waals surface area contributed by atoms with Crippen LogP contribution in [0, 0.1) is 0 Å². The summed E-state index contributed by atoms with van der Waals surface area (Å²) in [5.74, 6) is 0. The molecule has 1 aliphatic heterocycles. The van der Waals surface area contributed by atoms with E-state index in [-0.39, 0.29) is 12.2 Å². The molecule has 1 heterocycles. The summed E-state index contributed by atoms with van der Waals surface area (Å²) in [6, 6.07) is 0. The second-order valence-electron chi connectivity index (χ2n) is 2.92. The Morgan fingerprint density at radius 3 is 2.23 bits per heavy atom. The first-order chi connectivity index (χ1) is 6.24. The van der Waals surface area contributed by atoms with Crippen LogP contribution in [-0.2, 0) is 18.9 Å². The fraction of sp³-hybridized carbons (Fsp3) is 1.00. The Morgan fingerprint density at radius 1 is 1.15 bits per heavy atom. The molecule has 1 aliphatic rings. The molecule has 0 saturated carbocycles. The van der Waals surface area contributed by atoms with Crippen molar-refractivity contribution in [1.82, 2.24) is 0 Å². The van der Waals surface area contributed by atoms with Crippen LogP contribution in [0.15, 0.2) is 0 Å². The molecule has 0 aromatic carbocycles. The van der Waals surface area contributed by atoms with Crippen molar-refractivity contribution >= 4 is 0 Å². The maximum Gasteiger partial charge on any atom is 0.184 e. The number of methoxy groups -OCH3 is 3. The molecule has 13 heavy (non-hydrogen) atoms. The molecule has 0 amide bonds. The van der Waals surface area contributed by atoms with Gasteiger partial charge in [0, 0.05) is 21.3 Å². The Kier molecular flexibility index (Phi) is 4.08. The van der Waals surface area contributed by atoms with Gasteiger partial charge in [0.05, 0.1) is 6.61 Å². The van der Waals surface area contributed by atoms with Gasteiger partial charge in [-0.1, -0.05) is 0 Å².